The minimum absolute atomic E-state index is 0.872. The molecule has 5 nitrogen and oxygen atoms in total. The fraction of sp³-hybridized carbons (Fsp3) is 0.0769. The van der Waals surface area contributed by atoms with E-state index < -0.39 is 0 Å². The van der Waals surface area contributed by atoms with Crippen molar-refractivity contribution in [2.24, 2.45) is 0 Å². The van der Waals surface area contributed by atoms with Crippen LogP contribution in [0.15, 0.2) is 60.8 Å². The Bertz CT molecular complexity index is 1480. The van der Waals surface area contributed by atoms with Gasteiger partial charge in [0.2, 0.25) is 0 Å². The van der Waals surface area contributed by atoms with E-state index in [0.717, 1.165) is 57.0 Å². The third kappa shape index (κ3) is 3.40. The largest absolute Gasteiger partial charge is 0.377 e. The molecule has 31 heavy (non-hydrogen) atoms. The second kappa shape index (κ2) is 6.99. The highest BCUT2D eigenvalue weighted by Gasteiger charge is 2.13. The van der Waals surface area contributed by atoms with Gasteiger partial charge in [-0.05, 0) is 84.6 Å². The smallest absolute Gasteiger partial charge is 0.0736 e. The van der Waals surface area contributed by atoms with Crippen LogP contribution in [0, 0.1) is 0 Å². The van der Waals surface area contributed by atoms with Crippen LogP contribution in [0.5, 0.6) is 0 Å². The molecule has 2 N–H and O–H groups in total. The number of aromatic nitrogens is 4. The topological polar surface area (TPSA) is 60.6 Å². The van der Waals surface area contributed by atoms with Crippen LogP contribution in [-0.2, 0) is 0 Å². The first-order valence-electron chi connectivity index (χ1n) is 10.4. The third-order valence-corrected chi connectivity index (χ3v) is 5.62. The molecule has 0 spiro atoms. The molecule has 3 aromatic heterocycles. The highest BCUT2D eigenvalue weighted by Crippen LogP contribution is 2.29. The first kappa shape index (κ1) is 17.7. The van der Waals surface area contributed by atoms with Crippen LogP contribution < -0.4 is 0 Å². The van der Waals surface area contributed by atoms with Crippen molar-refractivity contribution in [1.82, 2.24) is 24.8 Å². The van der Waals surface area contributed by atoms with Gasteiger partial charge in [0.05, 0.1) is 22.8 Å². The van der Waals surface area contributed by atoms with E-state index in [4.69, 9.17) is 9.97 Å². The molecule has 8 bridgehead atoms. The third-order valence-electron chi connectivity index (χ3n) is 5.62. The van der Waals surface area contributed by atoms with E-state index in [1.807, 2.05) is 18.2 Å². The zero-order chi connectivity index (χ0) is 20.8. The lowest BCUT2D eigenvalue weighted by atomic mass is 10.0. The molecule has 0 fully saturated rings. The summed E-state index contributed by atoms with van der Waals surface area (Å²) in [7, 11) is 2.08. The Balaban J connectivity index is 1.68. The predicted octanol–water partition coefficient (Wildman–Crippen LogP) is 5.50. The maximum atomic E-state index is 4.93. The van der Waals surface area contributed by atoms with E-state index in [-0.39, 0.29) is 0 Å². The lowest BCUT2D eigenvalue weighted by molar-refractivity contribution is 0.506. The number of allylic oxidation sites excluding steroid dienone is 2. The lowest BCUT2D eigenvalue weighted by Crippen LogP contribution is -2.13. The predicted molar refractivity (Wildman–Crippen MR) is 129 cm³/mol. The Morgan fingerprint density at radius 2 is 1.45 bits per heavy atom. The van der Waals surface area contributed by atoms with Gasteiger partial charge in [-0.25, -0.2) is 9.97 Å². The Morgan fingerprint density at radius 1 is 0.742 bits per heavy atom. The van der Waals surface area contributed by atoms with E-state index in [2.05, 4.69) is 88.8 Å². The Labute approximate surface area is 179 Å². The first-order valence-corrected chi connectivity index (χ1v) is 10.4. The second-order valence-electron chi connectivity index (χ2n) is 7.97. The molecule has 3 aromatic rings. The van der Waals surface area contributed by atoms with Crippen LogP contribution in [0.3, 0.4) is 0 Å². The van der Waals surface area contributed by atoms with Gasteiger partial charge in [0.15, 0.2) is 0 Å². The number of likely N-dealkylation sites (N-methyl/N-ethyl adjacent to an activating group) is 1. The molecule has 0 unspecified atom stereocenters. The molecule has 3 aliphatic rings. The van der Waals surface area contributed by atoms with E-state index in [9.17, 15) is 0 Å². The number of H-pyrrole nitrogens is 2. The van der Waals surface area contributed by atoms with Crippen molar-refractivity contribution in [3.05, 3.63) is 89.2 Å². The van der Waals surface area contributed by atoms with Crippen LogP contribution in [0.4, 0.5) is 0 Å². The van der Waals surface area contributed by atoms with E-state index in [0.29, 0.717) is 0 Å². The quantitative estimate of drug-likeness (QED) is 0.389. The molecule has 3 aliphatic heterocycles. The summed E-state index contributed by atoms with van der Waals surface area (Å²) in [5.74, 6) is 0. The number of hydrogen-bond donors (Lipinski definition) is 2. The zero-order valence-electron chi connectivity index (χ0n) is 17.1. The van der Waals surface area contributed by atoms with Crippen molar-refractivity contribution in [3.63, 3.8) is 0 Å². The molecule has 6 rings (SSSR count). The van der Waals surface area contributed by atoms with E-state index >= 15 is 0 Å². The minimum atomic E-state index is 0.872. The van der Waals surface area contributed by atoms with Gasteiger partial charge in [-0.1, -0.05) is 6.08 Å². The SMILES string of the molecule is CN1C=CC(c2c3nc(cc4nc(cc5ccc(cc6ccc2[nH]6)[nH]5)C=C4)C=C3)=CC1. The molecule has 6 heterocycles. The van der Waals surface area contributed by atoms with Gasteiger partial charge >= 0.3 is 0 Å². The molecule has 5 heteroatoms. The number of nitrogens with zero attached hydrogens (tertiary/aromatic N) is 3. The molecule has 0 aromatic carbocycles. The highest BCUT2D eigenvalue weighted by atomic mass is 15.1. The average Bonchev–Trinajstić information content (AvgIpc) is 3.55. The summed E-state index contributed by atoms with van der Waals surface area (Å²) in [4.78, 5) is 18.8. The normalized spacial score (nSPS) is 14.9. The van der Waals surface area contributed by atoms with Crippen molar-refractivity contribution in [2.45, 2.75) is 0 Å². The van der Waals surface area contributed by atoms with Gasteiger partial charge < -0.3 is 14.9 Å². The average molecular weight is 403 g/mol. The fourth-order valence-electron chi connectivity index (χ4n) is 4.08. The Kier molecular flexibility index (Phi) is 3.99. The molecule has 0 aliphatic carbocycles. The standard InChI is InChI=1S/C26H21N5/c1-31-12-10-17(11-13-31)26-24-8-6-22(29-24)15-20-4-2-18(27-20)14-19-3-5-21(28-19)16-23-7-9-25(26)30-23/h2-12,14-16,27,29H,13H2,1H3. The van der Waals surface area contributed by atoms with Crippen molar-refractivity contribution < 1.29 is 0 Å². The molecule has 150 valence electrons. The maximum Gasteiger partial charge on any atom is 0.0736 e. The summed E-state index contributed by atoms with van der Waals surface area (Å²) < 4.78 is 0. The van der Waals surface area contributed by atoms with Crippen molar-refractivity contribution in [1.29, 1.82) is 0 Å². The molecular formula is C26H21N5. The summed E-state index contributed by atoms with van der Waals surface area (Å²) in [6, 6.07) is 14.6. The van der Waals surface area contributed by atoms with Crippen LogP contribution in [0.25, 0.3) is 51.9 Å². The second-order valence-corrected chi connectivity index (χ2v) is 7.97. The van der Waals surface area contributed by atoms with Gasteiger partial charge in [0.1, 0.15) is 0 Å². The van der Waals surface area contributed by atoms with Crippen molar-refractivity contribution in [3.8, 4) is 0 Å². The Hall–Kier alpha value is -4.12. The fourth-order valence-corrected chi connectivity index (χ4v) is 4.08. The maximum absolute atomic E-state index is 4.93. The summed E-state index contributed by atoms with van der Waals surface area (Å²) in [5.41, 5.74) is 10.1. The molecule has 0 saturated heterocycles. The zero-order valence-corrected chi connectivity index (χ0v) is 17.1. The summed E-state index contributed by atoms with van der Waals surface area (Å²) in [5, 5.41) is 0. The molecule has 0 saturated carbocycles. The van der Waals surface area contributed by atoms with Crippen LogP contribution in [0.2, 0.25) is 0 Å². The summed E-state index contributed by atoms with van der Waals surface area (Å²) >= 11 is 0. The summed E-state index contributed by atoms with van der Waals surface area (Å²) in [6.07, 6.45) is 14.7. The minimum Gasteiger partial charge on any atom is -0.377 e. The number of nitrogens with one attached hydrogen (secondary N) is 2. The van der Waals surface area contributed by atoms with Gasteiger partial charge in [0, 0.05) is 41.2 Å². The number of rotatable bonds is 1. The van der Waals surface area contributed by atoms with Crippen LogP contribution in [-0.4, -0.2) is 38.4 Å². The summed E-state index contributed by atoms with van der Waals surface area (Å²) in [6.45, 7) is 0.872. The van der Waals surface area contributed by atoms with Gasteiger partial charge in [-0.2, -0.15) is 0 Å². The van der Waals surface area contributed by atoms with Gasteiger partial charge in [-0.3, -0.25) is 0 Å². The van der Waals surface area contributed by atoms with E-state index in [1.165, 1.54) is 5.57 Å². The highest BCUT2D eigenvalue weighted by molar-refractivity contribution is 5.91. The van der Waals surface area contributed by atoms with Crippen LogP contribution in [0.1, 0.15) is 28.3 Å². The first-order chi connectivity index (χ1) is 15.2. The lowest BCUT2D eigenvalue weighted by Gasteiger charge is -2.17. The molecule has 0 atom stereocenters. The molecule has 0 radical (unpaired) electrons. The van der Waals surface area contributed by atoms with Gasteiger partial charge in [0.25, 0.3) is 0 Å². The van der Waals surface area contributed by atoms with E-state index in [1.54, 1.807) is 0 Å². The number of aromatic amines is 2. The monoisotopic (exact) mass is 403 g/mol. The number of fused-ring (bicyclic) bond motifs is 8. The Morgan fingerprint density at radius 3 is 2.29 bits per heavy atom. The van der Waals surface area contributed by atoms with Crippen LogP contribution >= 0.6 is 0 Å². The van der Waals surface area contributed by atoms with Gasteiger partial charge in [-0.15, -0.1) is 0 Å². The van der Waals surface area contributed by atoms with Crippen molar-refractivity contribution >= 4 is 51.9 Å². The molecule has 0 amide bonds. The van der Waals surface area contributed by atoms with Crippen molar-refractivity contribution in [2.75, 3.05) is 13.6 Å². The molecular weight excluding hydrogens is 382 g/mol. The number of hydrogen-bond acceptors (Lipinski definition) is 3.